The van der Waals surface area contributed by atoms with Gasteiger partial charge in [-0.2, -0.15) is 0 Å². The van der Waals surface area contributed by atoms with Gasteiger partial charge in [0.05, 0.1) is 6.61 Å². The Balaban J connectivity index is 3.27. The van der Waals surface area contributed by atoms with Gasteiger partial charge >= 0.3 is 0 Å². The molecule has 1 aromatic carbocycles. The molecule has 3 heteroatoms. The van der Waals surface area contributed by atoms with Gasteiger partial charge in [-0.3, -0.25) is 4.79 Å². The molecule has 3 N–H and O–H groups in total. The van der Waals surface area contributed by atoms with Crippen molar-refractivity contribution in [2.75, 3.05) is 0 Å². The highest BCUT2D eigenvalue weighted by molar-refractivity contribution is 5.94. The van der Waals surface area contributed by atoms with Crippen LogP contribution in [0, 0.1) is 0 Å². The Kier molecular flexibility index (Phi) is 3.03. The Morgan fingerprint density at radius 3 is 2.69 bits per heavy atom. The van der Waals surface area contributed by atoms with Crippen LogP contribution < -0.4 is 5.73 Å². The Morgan fingerprint density at radius 2 is 2.23 bits per heavy atom. The summed E-state index contributed by atoms with van der Waals surface area (Å²) in [5, 5.41) is 9.00. The van der Waals surface area contributed by atoms with E-state index in [1.165, 1.54) is 0 Å². The van der Waals surface area contributed by atoms with Crippen molar-refractivity contribution in [2.45, 2.75) is 20.0 Å². The predicted octanol–water partition coefficient (Wildman–Crippen LogP) is 0.840. The highest BCUT2D eigenvalue weighted by Crippen LogP contribution is 2.15. The van der Waals surface area contributed by atoms with Crippen molar-refractivity contribution in [1.82, 2.24) is 0 Å². The number of benzene rings is 1. The molecule has 70 valence electrons. The second-order valence-electron chi connectivity index (χ2n) is 2.82. The number of amides is 1. The van der Waals surface area contributed by atoms with Gasteiger partial charge in [0.25, 0.3) is 0 Å². The van der Waals surface area contributed by atoms with E-state index in [2.05, 4.69) is 0 Å². The van der Waals surface area contributed by atoms with E-state index in [0.717, 1.165) is 11.1 Å². The van der Waals surface area contributed by atoms with Crippen molar-refractivity contribution in [3.8, 4) is 0 Å². The zero-order chi connectivity index (χ0) is 9.84. The van der Waals surface area contributed by atoms with Gasteiger partial charge in [0.1, 0.15) is 0 Å². The van der Waals surface area contributed by atoms with Gasteiger partial charge in [0.2, 0.25) is 5.91 Å². The van der Waals surface area contributed by atoms with Crippen LogP contribution in [0.1, 0.15) is 28.4 Å². The molecule has 0 radical (unpaired) electrons. The van der Waals surface area contributed by atoms with Gasteiger partial charge in [-0.05, 0) is 23.6 Å². The van der Waals surface area contributed by atoms with Gasteiger partial charge in [0, 0.05) is 5.56 Å². The maximum absolute atomic E-state index is 11.0. The van der Waals surface area contributed by atoms with Crippen molar-refractivity contribution >= 4 is 5.91 Å². The Labute approximate surface area is 77.2 Å². The van der Waals surface area contributed by atoms with E-state index in [1.54, 1.807) is 18.2 Å². The number of hydrogen-bond donors (Lipinski definition) is 2. The first kappa shape index (κ1) is 9.74. The Bertz CT molecular complexity index is 321. The van der Waals surface area contributed by atoms with Crippen molar-refractivity contribution in [1.29, 1.82) is 0 Å². The topological polar surface area (TPSA) is 63.3 Å². The number of aliphatic hydroxyl groups is 1. The molecule has 0 bridgehead atoms. The number of aliphatic hydroxyl groups excluding tert-OH is 1. The number of carbonyl (C=O) groups is 1. The van der Waals surface area contributed by atoms with Gasteiger partial charge < -0.3 is 10.8 Å². The van der Waals surface area contributed by atoms with Crippen LogP contribution in [-0.2, 0) is 13.0 Å². The van der Waals surface area contributed by atoms with E-state index in [-0.39, 0.29) is 6.61 Å². The van der Waals surface area contributed by atoms with Crippen LogP contribution in [0.4, 0.5) is 0 Å². The third-order valence-corrected chi connectivity index (χ3v) is 2.06. The smallest absolute Gasteiger partial charge is 0.248 e. The first-order valence-electron chi connectivity index (χ1n) is 4.22. The highest BCUT2D eigenvalue weighted by atomic mass is 16.3. The van der Waals surface area contributed by atoms with E-state index < -0.39 is 5.91 Å². The maximum Gasteiger partial charge on any atom is 0.248 e. The lowest BCUT2D eigenvalue weighted by molar-refractivity contribution is 0.0999. The lowest BCUT2D eigenvalue weighted by Crippen LogP contribution is -2.14. The van der Waals surface area contributed by atoms with Gasteiger partial charge in [-0.1, -0.05) is 19.1 Å². The molecule has 0 aliphatic carbocycles. The number of hydrogen-bond acceptors (Lipinski definition) is 2. The van der Waals surface area contributed by atoms with Gasteiger partial charge in [-0.25, -0.2) is 0 Å². The van der Waals surface area contributed by atoms with E-state index in [4.69, 9.17) is 10.8 Å². The fourth-order valence-electron chi connectivity index (χ4n) is 1.43. The number of carbonyl (C=O) groups excluding carboxylic acids is 1. The second kappa shape index (κ2) is 4.05. The van der Waals surface area contributed by atoms with Gasteiger partial charge in [-0.15, -0.1) is 0 Å². The third-order valence-electron chi connectivity index (χ3n) is 2.06. The summed E-state index contributed by atoms with van der Waals surface area (Å²) in [6.07, 6.45) is 0.703. The molecule has 0 heterocycles. The maximum atomic E-state index is 11.0. The summed E-state index contributed by atoms with van der Waals surface area (Å²) in [7, 11) is 0. The highest BCUT2D eigenvalue weighted by Gasteiger charge is 2.09. The minimum absolute atomic E-state index is 0.0513. The number of nitrogens with two attached hydrogens (primary N) is 1. The molecule has 0 atom stereocenters. The van der Waals surface area contributed by atoms with Crippen molar-refractivity contribution in [2.24, 2.45) is 5.73 Å². The molecule has 0 aliphatic heterocycles. The Morgan fingerprint density at radius 1 is 1.54 bits per heavy atom. The van der Waals surface area contributed by atoms with Crippen LogP contribution in [0.2, 0.25) is 0 Å². The third kappa shape index (κ3) is 1.87. The van der Waals surface area contributed by atoms with Crippen LogP contribution in [0.25, 0.3) is 0 Å². The summed E-state index contributed by atoms with van der Waals surface area (Å²) in [5.41, 5.74) is 7.32. The fourth-order valence-corrected chi connectivity index (χ4v) is 1.43. The van der Waals surface area contributed by atoms with Crippen LogP contribution in [-0.4, -0.2) is 11.0 Å². The number of rotatable bonds is 3. The lowest BCUT2D eigenvalue weighted by atomic mass is 9.99. The average Bonchev–Trinajstić information content (AvgIpc) is 2.16. The monoisotopic (exact) mass is 179 g/mol. The minimum atomic E-state index is -0.438. The molecule has 1 aromatic rings. The molecular formula is C10H13NO2. The molecule has 0 unspecified atom stereocenters. The molecule has 0 spiro atoms. The fraction of sp³-hybridized carbons (Fsp3) is 0.300. The summed E-state index contributed by atoms with van der Waals surface area (Å²) in [4.78, 5) is 11.0. The quantitative estimate of drug-likeness (QED) is 0.722. The summed E-state index contributed by atoms with van der Waals surface area (Å²) >= 11 is 0. The zero-order valence-electron chi connectivity index (χ0n) is 7.58. The van der Waals surface area contributed by atoms with Crippen molar-refractivity contribution in [3.05, 3.63) is 34.9 Å². The summed E-state index contributed by atoms with van der Waals surface area (Å²) < 4.78 is 0. The number of primary amides is 1. The second-order valence-corrected chi connectivity index (χ2v) is 2.82. The molecular weight excluding hydrogens is 166 g/mol. The van der Waals surface area contributed by atoms with E-state index in [1.807, 2.05) is 6.92 Å². The summed E-state index contributed by atoms with van der Waals surface area (Å²) in [5.74, 6) is -0.438. The molecule has 0 fully saturated rings. The van der Waals surface area contributed by atoms with E-state index in [0.29, 0.717) is 12.0 Å². The Hall–Kier alpha value is -1.35. The SMILES string of the molecule is CCc1c(CO)cccc1C(N)=O. The average molecular weight is 179 g/mol. The van der Waals surface area contributed by atoms with Crippen LogP contribution in [0.15, 0.2) is 18.2 Å². The van der Waals surface area contributed by atoms with Crippen molar-refractivity contribution in [3.63, 3.8) is 0 Å². The molecule has 3 nitrogen and oxygen atoms in total. The first-order valence-corrected chi connectivity index (χ1v) is 4.22. The molecule has 0 aromatic heterocycles. The summed E-state index contributed by atoms with van der Waals surface area (Å²) in [6, 6.07) is 5.20. The molecule has 0 saturated heterocycles. The van der Waals surface area contributed by atoms with E-state index in [9.17, 15) is 4.79 Å². The molecule has 13 heavy (non-hydrogen) atoms. The van der Waals surface area contributed by atoms with Gasteiger partial charge in [0.15, 0.2) is 0 Å². The van der Waals surface area contributed by atoms with Crippen molar-refractivity contribution < 1.29 is 9.90 Å². The standard InChI is InChI=1S/C10H13NO2/c1-2-8-7(6-12)4-3-5-9(8)10(11)13/h3-5,12H,2,6H2,1H3,(H2,11,13). The predicted molar refractivity (Wildman–Crippen MR) is 50.3 cm³/mol. The van der Waals surface area contributed by atoms with Crippen LogP contribution in [0.3, 0.4) is 0 Å². The lowest BCUT2D eigenvalue weighted by Gasteiger charge is -2.08. The van der Waals surface area contributed by atoms with Crippen LogP contribution in [0.5, 0.6) is 0 Å². The zero-order valence-corrected chi connectivity index (χ0v) is 7.58. The normalized spacial score (nSPS) is 10.0. The first-order chi connectivity index (χ1) is 6.20. The summed E-state index contributed by atoms with van der Waals surface area (Å²) in [6.45, 7) is 1.88. The largest absolute Gasteiger partial charge is 0.392 e. The molecule has 0 aliphatic rings. The van der Waals surface area contributed by atoms with E-state index >= 15 is 0 Å². The molecule has 0 saturated carbocycles. The molecule has 1 amide bonds. The van der Waals surface area contributed by atoms with Crippen LogP contribution >= 0.6 is 0 Å². The minimum Gasteiger partial charge on any atom is -0.392 e. The molecule has 1 rings (SSSR count).